The van der Waals surface area contributed by atoms with Gasteiger partial charge in [0.25, 0.3) is 0 Å². The molecule has 0 spiro atoms. The molecule has 0 aromatic carbocycles. The first-order valence-electron chi connectivity index (χ1n) is 5.95. The third-order valence-electron chi connectivity index (χ3n) is 2.88. The van der Waals surface area contributed by atoms with E-state index in [4.69, 9.17) is 16.3 Å². The molecule has 0 aliphatic carbocycles. The molecule has 2 rings (SSSR count). The molecule has 2 heterocycles. The molecule has 3 nitrogen and oxygen atoms in total. The van der Waals surface area contributed by atoms with Crippen molar-refractivity contribution < 1.29 is 4.74 Å². The van der Waals surface area contributed by atoms with Gasteiger partial charge >= 0.3 is 0 Å². The molecule has 1 saturated heterocycles. The molecule has 0 unspecified atom stereocenters. The van der Waals surface area contributed by atoms with Gasteiger partial charge in [0.05, 0.1) is 28.8 Å². The van der Waals surface area contributed by atoms with Gasteiger partial charge in [0.1, 0.15) is 0 Å². The van der Waals surface area contributed by atoms with Gasteiger partial charge in [-0.05, 0) is 13.8 Å². The zero-order chi connectivity index (χ0) is 12.3. The fraction of sp³-hybridized carbons (Fsp3) is 0.750. The lowest BCUT2D eigenvalue weighted by molar-refractivity contribution is -0.0855. The topological polar surface area (TPSA) is 25.4 Å². The van der Waals surface area contributed by atoms with Gasteiger partial charge in [-0.3, -0.25) is 4.90 Å². The SMILES string of the molecule is CC1(C)CN(CCc2nc(CCl)cs2)CCO1. The first-order chi connectivity index (χ1) is 8.09. The molecule has 0 radical (unpaired) electrons. The van der Waals surface area contributed by atoms with Crippen LogP contribution in [0.3, 0.4) is 0 Å². The van der Waals surface area contributed by atoms with E-state index in [0.29, 0.717) is 5.88 Å². The summed E-state index contributed by atoms with van der Waals surface area (Å²) in [4.78, 5) is 6.93. The number of hydrogen-bond acceptors (Lipinski definition) is 4. The Morgan fingerprint density at radius 3 is 3.06 bits per heavy atom. The van der Waals surface area contributed by atoms with Gasteiger partial charge < -0.3 is 4.74 Å². The Hall–Kier alpha value is -0.160. The summed E-state index contributed by atoms with van der Waals surface area (Å²) < 4.78 is 5.70. The highest BCUT2D eigenvalue weighted by atomic mass is 35.5. The van der Waals surface area contributed by atoms with Crippen LogP contribution < -0.4 is 0 Å². The monoisotopic (exact) mass is 274 g/mol. The van der Waals surface area contributed by atoms with Crippen LogP contribution in [0.5, 0.6) is 0 Å². The standard InChI is InChI=1S/C12H19ClN2OS/c1-12(2)9-15(5-6-16-12)4-3-11-14-10(7-13)8-17-11/h8H,3-7,9H2,1-2H3. The van der Waals surface area contributed by atoms with Gasteiger partial charge in [-0.15, -0.1) is 22.9 Å². The maximum atomic E-state index is 5.74. The van der Waals surface area contributed by atoms with E-state index in [-0.39, 0.29) is 5.60 Å². The van der Waals surface area contributed by atoms with Crippen LogP contribution in [0, 0.1) is 0 Å². The molecular formula is C12H19ClN2OS. The predicted octanol–water partition coefficient (Wildman–Crippen LogP) is 2.54. The predicted molar refractivity (Wildman–Crippen MR) is 71.8 cm³/mol. The van der Waals surface area contributed by atoms with Crippen molar-refractivity contribution in [2.24, 2.45) is 0 Å². The number of morpholine rings is 1. The maximum Gasteiger partial charge on any atom is 0.0941 e. The van der Waals surface area contributed by atoms with Crippen molar-refractivity contribution in [3.05, 3.63) is 16.1 Å². The smallest absolute Gasteiger partial charge is 0.0941 e. The van der Waals surface area contributed by atoms with Crippen molar-refractivity contribution in [3.8, 4) is 0 Å². The Labute approximate surface area is 112 Å². The van der Waals surface area contributed by atoms with E-state index in [1.165, 1.54) is 5.01 Å². The molecule has 96 valence electrons. The molecule has 1 aliphatic rings. The average Bonchev–Trinajstić information content (AvgIpc) is 2.73. The Morgan fingerprint density at radius 2 is 2.41 bits per heavy atom. The normalized spacial score (nSPS) is 20.6. The summed E-state index contributed by atoms with van der Waals surface area (Å²) in [6.45, 7) is 8.21. The third-order valence-corrected chi connectivity index (χ3v) is 4.11. The summed E-state index contributed by atoms with van der Waals surface area (Å²) in [7, 11) is 0. The highest BCUT2D eigenvalue weighted by Gasteiger charge is 2.26. The number of rotatable bonds is 4. The first-order valence-corrected chi connectivity index (χ1v) is 7.36. The molecule has 5 heteroatoms. The van der Waals surface area contributed by atoms with Crippen LogP contribution >= 0.6 is 22.9 Å². The molecule has 1 fully saturated rings. The number of nitrogens with zero attached hydrogens (tertiary/aromatic N) is 2. The third kappa shape index (κ3) is 3.91. The van der Waals surface area contributed by atoms with Gasteiger partial charge in [0.15, 0.2) is 0 Å². The lowest BCUT2D eigenvalue weighted by Gasteiger charge is -2.38. The van der Waals surface area contributed by atoms with Crippen LogP contribution in [0.15, 0.2) is 5.38 Å². The van der Waals surface area contributed by atoms with Crippen LogP contribution in [0.4, 0.5) is 0 Å². The van der Waals surface area contributed by atoms with Crippen molar-refractivity contribution >= 4 is 22.9 Å². The van der Waals surface area contributed by atoms with Crippen LogP contribution in [0.25, 0.3) is 0 Å². The summed E-state index contributed by atoms with van der Waals surface area (Å²) >= 11 is 7.45. The lowest BCUT2D eigenvalue weighted by atomic mass is 10.1. The molecule has 1 aromatic heterocycles. The molecule has 1 aromatic rings. The van der Waals surface area contributed by atoms with Crippen molar-refractivity contribution in [1.29, 1.82) is 0 Å². The first kappa shape index (κ1) is 13.3. The largest absolute Gasteiger partial charge is 0.373 e. The summed E-state index contributed by atoms with van der Waals surface area (Å²) in [5, 5.41) is 3.23. The summed E-state index contributed by atoms with van der Waals surface area (Å²) in [6.07, 6.45) is 1.01. The van der Waals surface area contributed by atoms with Gasteiger partial charge in [-0.1, -0.05) is 0 Å². The molecule has 1 aliphatic heterocycles. The zero-order valence-electron chi connectivity index (χ0n) is 10.4. The van der Waals surface area contributed by atoms with E-state index in [1.807, 2.05) is 5.38 Å². The molecule has 0 atom stereocenters. The molecule has 0 amide bonds. The van der Waals surface area contributed by atoms with Gasteiger partial charge in [0, 0.05) is 31.4 Å². The Bertz CT molecular complexity index is 367. The number of thiazole rings is 1. The van der Waals surface area contributed by atoms with Crippen molar-refractivity contribution in [3.63, 3.8) is 0 Å². The van der Waals surface area contributed by atoms with E-state index < -0.39 is 0 Å². The number of hydrogen-bond donors (Lipinski definition) is 0. The average molecular weight is 275 g/mol. The van der Waals surface area contributed by atoms with Gasteiger partial charge in [0.2, 0.25) is 0 Å². The molecule has 0 saturated carbocycles. The minimum atomic E-state index is -0.0115. The summed E-state index contributed by atoms with van der Waals surface area (Å²) in [6, 6.07) is 0. The quantitative estimate of drug-likeness (QED) is 0.789. The maximum absolute atomic E-state index is 5.74. The molecular weight excluding hydrogens is 256 g/mol. The Kier molecular flexibility index (Phi) is 4.42. The van der Waals surface area contributed by atoms with Crippen LogP contribution in [0.1, 0.15) is 24.5 Å². The second kappa shape index (κ2) is 5.65. The van der Waals surface area contributed by atoms with E-state index in [1.54, 1.807) is 11.3 Å². The van der Waals surface area contributed by atoms with E-state index in [9.17, 15) is 0 Å². The van der Waals surface area contributed by atoms with Crippen LogP contribution in [0.2, 0.25) is 0 Å². The number of alkyl halides is 1. The Morgan fingerprint density at radius 1 is 1.59 bits per heavy atom. The number of halogens is 1. The highest BCUT2D eigenvalue weighted by molar-refractivity contribution is 7.09. The molecule has 0 bridgehead atoms. The second-order valence-corrected chi connectivity index (χ2v) is 6.21. The van der Waals surface area contributed by atoms with Crippen LogP contribution in [-0.2, 0) is 17.0 Å². The minimum Gasteiger partial charge on any atom is -0.373 e. The van der Waals surface area contributed by atoms with Crippen molar-refractivity contribution in [2.45, 2.75) is 31.7 Å². The van der Waals surface area contributed by atoms with Crippen molar-refractivity contribution in [1.82, 2.24) is 9.88 Å². The van der Waals surface area contributed by atoms with E-state index in [2.05, 4.69) is 23.7 Å². The van der Waals surface area contributed by atoms with E-state index >= 15 is 0 Å². The second-order valence-electron chi connectivity index (χ2n) is 5.00. The fourth-order valence-corrected chi connectivity index (χ4v) is 3.10. The van der Waals surface area contributed by atoms with Crippen LogP contribution in [-0.4, -0.2) is 41.7 Å². The number of ether oxygens (including phenoxy) is 1. The Balaban J connectivity index is 1.81. The molecule has 17 heavy (non-hydrogen) atoms. The van der Waals surface area contributed by atoms with Gasteiger partial charge in [-0.2, -0.15) is 0 Å². The number of aromatic nitrogens is 1. The van der Waals surface area contributed by atoms with Crippen molar-refractivity contribution in [2.75, 3.05) is 26.2 Å². The zero-order valence-corrected chi connectivity index (χ0v) is 12.0. The highest BCUT2D eigenvalue weighted by Crippen LogP contribution is 2.18. The fourth-order valence-electron chi connectivity index (χ4n) is 2.08. The summed E-state index contributed by atoms with van der Waals surface area (Å²) in [5.41, 5.74) is 0.983. The van der Waals surface area contributed by atoms with E-state index in [0.717, 1.165) is 38.4 Å². The van der Waals surface area contributed by atoms with Gasteiger partial charge in [-0.25, -0.2) is 4.98 Å². The minimum absolute atomic E-state index is 0.0115. The lowest BCUT2D eigenvalue weighted by Crippen LogP contribution is -2.48. The molecule has 0 N–H and O–H groups in total. The summed E-state index contributed by atoms with van der Waals surface area (Å²) in [5.74, 6) is 0.515.